The number of nitrogens with zero attached hydrogens (tertiary/aromatic N) is 3. The van der Waals surface area contributed by atoms with Gasteiger partial charge in [0.15, 0.2) is 11.5 Å². The number of aryl methyl sites for hydroxylation is 1. The number of thiophene rings is 1. The second kappa shape index (κ2) is 6.17. The van der Waals surface area contributed by atoms with Crippen LogP contribution >= 0.6 is 11.3 Å². The first kappa shape index (κ1) is 15.2. The molecule has 0 saturated carbocycles. The van der Waals surface area contributed by atoms with Crippen LogP contribution in [-0.2, 0) is 6.54 Å². The topological polar surface area (TPSA) is 85.8 Å². The maximum atomic E-state index is 13.7. The van der Waals surface area contributed by atoms with E-state index in [1.54, 1.807) is 30.4 Å². The molecule has 6 nitrogen and oxygen atoms in total. The minimum Gasteiger partial charge on any atom is -0.382 e. The molecule has 118 valence electrons. The number of carbonyl (C=O) groups is 1. The van der Waals surface area contributed by atoms with Gasteiger partial charge in [0, 0.05) is 4.88 Å². The number of nitrogens with one attached hydrogen (secondary N) is 1. The Labute approximate surface area is 135 Å². The van der Waals surface area contributed by atoms with E-state index in [4.69, 9.17) is 5.73 Å². The number of benzene rings is 1. The summed E-state index contributed by atoms with van der Waals surface area (Å²) in [7, 11) is 0. The Hall–Kier alpha value is -2.74. The van der Waals surface area contributed by atoms with Crippen molar-refractivity contribution in [3.05, 3.63) is 57.7 Å². The molecule has 0 fully saturated rings. The van der Waals surface area contributed by atoms with Gasteiger partial charge in [0.25, 0.3) is 5.91 Å². The third kappa shape index (κ3) is 3.07. The molecule has 0 aliphatic carbocycles. The summed E-state index contributed by atoms with van der Waals surface area (Å²) in [5.74, 6) is -0.729. The fourth-order valence-corrected chi connectivity index (χ4v) is 2.66. The molecule has 3 rings (SSSR count). The summed E-state index contributed by atoms with van der Waals surface area (Å²) >= 11 is 1.54. The monoisotopic (exact) mass is 331 g/mol. The van der Waals surface area contributed by atoms with Crippen LogP contribution in [-0.4, -0.2) is 20.9 Å². The van der Waals surface area contributed by atoms with Crippen molar-refractivity contribution in [3.8, 4) is 5.69 Å². The molecule has 0 spiro atoms. The normalized spacial score (nSPS) is 10.7. The van der Waals surface area contributed by atoms with E-state index in [1.165, 1.54) is 10.7 Å². The molecular weight excluding hydrogens is 317 g/mol. The zero-order valence-corrected chi connectivity index (χ0v) is 13.1. The van der Waals surface area contributed by atoms with Gasteiger partial charge in [-0.15, -0.1) is 16.4 Å². The standard InChI is InChI=1S/C15H14FN5OS/c1-9-4-5-10(7-12(9)16)21-14(17)13(19-20-21)15(22)18-8-11-3-2-6-23-11/h2-7H,8,17H2,1H3,(H,18,22). The number of nitrogen functional groups attached to an aromatic ring is 1. The van der Waals surface area contributed by atoms with Crippen LogP contribution in [0.4, 0.5) is 10.2 Å². The van der Waals surface area contributed by atoms with Crippen molar-refractivity contribution in [2.45, 2.75) is 13.5 Å². The highest BCUT2D eigenvalue weighted by Crippen LogP contribution is 2.18. The number of amides is 1. The van der Waals surface area contributed by atoms with Crippen LogP contribution in [0.1, 0.15) is 20.9 Å². The van der Waals surface area contributed by atoms with Crippen molar-refractivity contribution in [2.75, 3.05) is 5.73 Å². The van der Waals surface area contributed by atoms with Crippen molar-refractivity contribution >= 4 is 23.1 Å². The molecule has 0 atom stereocenters. The summed E-state index contributed by atoms with van der Waals surface area (Å²) < 4.78 is 14.9. The maximum Gasteiger partial charge on any atom is 0.276 e. The summed E-state index contributed by atoms with van der Waals surface area (Å²) in [6, 6.07) is 8.40. The van der Waals surface area contributed by atoms with Gasteiger partial charge in [0.1, 0.15) is 5.82 Å². The number of carbonyl (C=O) groups excluding carboxylic acids is 1. The lowest BCUT2D eigenvalue weighted by Crippen LogP contribution is -2.23. The maximum absolute atomic E-state index is 13.7. The van der Waals surface area contributed by atoms with Crippen LogP contribution < -0.4 is 11.1 Å². The van der Waals surface area contributed by atoms with Gasteiger partial charge in [0.2, 0.25) is 0 Å². The van der Waals surface area contributed by atoms with E-state index >= 15 is 0 Å². The van der Waals surface area contributed by atoms with E-state index < -0.39 is 5.91 Å². The molecule has 2 aromatic heterocycles. The van der Waals surface area contributed by atoms with E-state index in [-0.39, 0.29) is 17.3 Å². The van der Waals surface area contributed by atoms with Crippen molar-refractivity contribution in [1.29, 1.82) is 0 Å². The summed E-state index contributed by atoms with van der Waals surface area (Å²) in [4.78, 5) is 13.2. The van der Waals surface area contributed by atoms with Crippen LogP contribution in [0.2, 0.25) is 0 Å². The van der Waals surface area contributed by atoms with Gasteiger partial charge in [-0.1, -0.05) is 17.3 Å². The summed E-state index contributed by atoms with van der Waals surface area (Å²) in [6.07, 6.45) is 0. The highest BCUT2D eigenvalue weighted by atomic mass is 32.1. The molecule has 3 aromatic rings. The molecule has 8 heteroatoms. The minimum atomic E-state index is -0.422. The molecular formula is C15H14FN5OS. The third-order valence-corrected chi connectivity index (χ3v) is 4.20. The van der Waals surface area contributed by atoms with Gasteiger partial charge < -0.3 is 11.1 Å². The van der Waals surface area contributed by atoms with E-state index in [9.17, 15) is 9.18 Å². The molecule has 0 bridgehead atoms. The van der Waals surface area contributed by atoms with Crippen LogP contribution in [0, 0.1) is 12.7 Å². The zero-order chi connectivity index (χ0) is 16.4. The largest absolute Gasteiger partial charge is 0.382 e. The van der Waals surface area contributed by atoms with Gasteiger partial charge in [-0.2, -0.15) is 4.68 Å². The Bertz CT molecular complexity index is 844. The fraction of sp³-hybridized carbons (Fsp3) is 0.133. The molecule has 1 amide bonds. The van der Waals surface area contributed by atoms with Gasteiger partial charge in [-0.05, 0) is 36.1 Å². The van der Waals surface area contributed by atoms with Crippen LogP contribution in [0.3, 0.4) is 0 Å². The van der Waals surface area contributed by atoms with E-state index in [0.717, 1.165) is 4.88 Å². The number of hydrogen-bond donors (Lipinski definition) is 2. The fourth-order valence-electron chi connectivity index (χ4n) is 2.02. The van der Waals surface area contributed by atoms with Gasteiger partial charge in [0.05, 0.1) is 12.2 Å². The highest BCUT2D eigenvalue weighted by molar-refractivity contribution is 7.09. The van der Waals surface area contributed by atoms with Crippen molar-refractivity contribution in [2.24, 2.45) is 0 Å². The molecule has 0 aliphatic heterocycles. The Morgan fingerprint density at radius 2 is 2.26 bits per heavy atom. The Balaban J connectivity index is 1.80. The summed E-state index contributed by atoms with van der Waals surface area (Å²) in [5.41, 5.74) is 6.87. The number of nitrogens with two attached hydrogens (primary N) is 1. The van der Waals surface area contributed by atoms with E-state index in [2.05, 4.69) is 15.6 Å². The highest BCUT2D eigenvalue weighted by Gasteiger charge is 2.18. The SMILES string of the molecule is Cc1ccc(-n2nnc(C(=O)NCc3cccs3)c2N)cc1F. The second-order valence-electron chi connectivity index (χ2n) is 4.93. The first-order valence-corrected chi connectivity index (χ1v) is 7.72. The third-order valence-electron chi connectivity index (χ3n) is 3.32. The summed E-state index contributed by atoms with van der Waals surface area (Å²) in [6.45, 7) is 2.05. The Morgan fingerprint density at radius 3 is 2.96 bits per heavy atom. The second-order valence-corrected chi connectivity index (χ2v) is 5.96. The number of anilines is 1. The van der Waals surface area contributed by atoms with Crippen LogP contribution in [0.25, 0.3) is 5.69 Å². The molecule has 1 aromatic carbocycles. The quantitative estimate of drug-likeness (QED) is 0.768. The van der Waals surface area contributed by atoms with Crippen molar-refractivity contribution < 1.29 is 9.18 Å². The molecule has 0 radical (unpaired) electrons. The minimum absolute atomic E-state index is 0.0162. The number of aromatic nitrogens is 3. The van der Waals surface area contributed by atoms with Crippen molar-refractivity contribution in [1.82, 2.24) is 20.3 Å². The number of hydrogen-bond acceptors (Lipinski definition) is 5. The van der Waals surface area contributed by atoms with E-state index in [1.807, 2.05) is 17.5 Å². The predicted octanol–water partition coefficient (Wildman–Crippen LogP) is 2.29. The zero-order valence-electron chi connectivity index (χ0n) is 12.3. The Morgan fingerprint density at radius 1 is 1.43 bits per heavy atom. The van der Waals surface area contributed by atoms with E-state index in [0.29, 0.717) is 17.8 Å². The predicted molar refractivity (Wildman–Crippen MR) is 86.0 cm³/mol. The van der Waals surface area contributed by atoms with Gasteiger partial charge >= 0.3 is 0 Å². The molecule has 0 unspecified atom stereocenters. The molecule has 3 N–H and O–H groups in total. The number of halogens is 1. The molecule has 0 aliphatic rings. The average molecular weight is 331 g/mol. The summed E-state index contributed by atoms with van der Waals surface area (Å²) in [5, 5.41) is 12.3. The van der Waals surface area contributed by atoms with Crippen molar-refractivity contribution in [3.63, 3.8) is 0 Å². The van der Waals surface area contributed by atoms with Crippen LogP contribution in [0.5, 0.6) is 0 Å². The lowest BCUT2D eigenvalue weighted by molar-refractivity contribution is 0.0947. The average Bonchev–Trinajstić information content (AvgIpc) is 3.17. The smallest absolute Gasteiger partial charge is 0.276 e. The molecule has 2 heterocycles. The van der Waals surface area contributed by atoms with Gasteiger partial charge in [-0.25, -0.2) is 4.39 Å². The lowest BCUT2D eigenvalue weighted by atomic mass is 10.2. The first-order chi connectivity index (χ1) is 11.1. The molecule has 23 heavy (non-hydrogen) atoms. The Kier molecular flexibility index (Phi) is 4.07. The number of rotatable bonds is 4. The lowest BCUT2D eigenvalue weighted by Gasteiger charge is -2.05. The molecule has 0 saturated heterocycles. The van der Waals surface area contributed by atoms with Gasteiger partial charge in [-0.3, -0.25) is 4.79 Å². The first-order valence-electron chi connectivity index (χ1n) is 6.84. The van der Waals surface area contributed by atoms with Crippen LogP contribution in [0.15, 0.2) is 35.7 Å².